The highest BCUT2D eigenvalue weighted by molar-refractivity contribution is 6.08. The van der Waals surface area contributed by atoms with Crippen molar-refractivity contribution in [3.05, 3.63) is 77.7 Å². The molecule has 1 aliphatic heterocycles. The van der Waals surface area contributed by atoms with Crippen LogP contribution in [0.3, 0.4) is 0 Å². The van der Waals surface area contributed by atoms with E-state index in [1.807, 2.05) is 24.3 Å². The molecule has 0 saturated heterocycles. The lowest BCUT2D eigenvalue weighted by atomic mass is 9.99. The topological polar surface area (TPSA) is 81.0 Å². The number of nitrogens with one attached hydrogen (secondary N) is 1. The summed E-state index contributed by atoms with van der Waals surface area (Å²) < 4.78 is 16.9. The molecule has 0 bridgehead atoms. The van der Waals surface area contributed by atoms with Gasteiger partial charge in [-0.15, -0.1) is 0 Å². The third kappa shape index (κ3) is 4.90. The highest BCUT2D eigenvalue weighted by atomic mass is 16.6. The van der Waals surface area contributed by atoms with Crippen LogP contribution in [0.2, 0.25) is 0 Å². The first kappa shape index (κ1) is 23.0. The molecule has 0 radical (unpaired) electrons. The van der Waals surface area contributed by atoms with Crippen LogP contribution >= 0.6 is 0 Å². The maximum Gasteiger partial charge on any atom is 0.294 e. The smallest absolute Gasteiger partial charge is 0.294 e. The molecule has 3 aromatic rings. The lowest BCUT2D eigenvalue weighted by Crippen LogP contribution is -2.46. The van der Waals surface area contributed by atoms with E-state index >= 15 is 0 Å². The molecule has 35 heavy (non-hydrogen) atoms. The quantitative estimate of drug-likeness (QED) is 0.518. The van der Waals surface area contributed by atoms with Crippen LogP contribution in [0.4, 0.5) is 5.69 Å². The number of benzene rings is 2. The minimum Gasteiger partial charge on any atom is -0.486 e. The molecule has 2 heterocycles. The molecule has 0 spiro atoms. The van der Waals surface area contributed by atoms with Gasteiger partial charge in [-0.05, 0) is 54.7 Å². The second kappa shape index (κ2) is 10.3. The summed E-state index contributed by atoms with van der Waals surface area (Å²) >= 11 is 0. The van der Waals surface area contributed by atoms with Crippen LogP contribution in [-0.4, -0.2) is 31.1 Å². The number of amides is 2. The Balaban J connectivity index is 1.60. The first-order chi connectivity index (χ1) is 17.1. The third-order valence-electron chi connectivity index (χ3n) is 6.67. The fraction of sp³-hybridized carbons (Fsp3) is 0.357. The van der Waals surface area contributed by atoms with Gasteiger partial charge >= 0.3 is 0 Å². The van der Waals surface area contributed by atoms with Gasteiger partial charge in [0.1, 0.15) is 19.3 Å². The van der Waals surface area contributed by atoms with E-state index in [4.69, 9.17) is 13.9 Å². The third-order valence-corrected chi connectivity index (χ3v) is 6.67. The molecule has 2 aliphatic rings. The first-order valence-electron chi connectivity index (χ1n) is 12.3. The van der Waals surface area contributed by atoms with Gasteiger partial charge in [-0.3, -0.25) is 14.5 Å². The lowest BCUT2D eigenvalue weighted by molar-refractivity contribution is -0.123. The SMILES string of the molecule is CCc1ccc(C(C(=O)NC2CCCC2)N(C(=O)c2ccco2)c2ccc3c(c2)OCCO3)cc1. The average Bonchev–Trinajstić information content (AvgIpc) is 3.61. The van der Waals surface area contributed by atoms with Crippen molar-refractivity contribution in [3.8, 4) is 11.5 Å². The predicted molar refractivity (Wildman–Crippen MR) is 132 cm³/mol. The molecule has 182 valence electrons. The predicted octanol–water partition coefficient (Wildman–Crippen LogP) is 5.06. The van der Waals surface area contributed by atoms with E-state index in [9.17, 15) is 9.59 Å². The standard InChI is InChI=1S/C28H30N2O5/c1-2-19-9-11-20(12-10-19)26(27(31)29-21-6-3-4-7-21)30(28(32)24-8-5-15-33-24)22-13-14-23-25(18-22)35-17-16-34-23/h5,8-15,18,21,26H,2-4,6-7,16-17H2,1H3,(H,29,31). The zero-order chi connectivity index (χ0) is 24.2. The van der Waals surface area contributed by atoms with Crippen LogP contribution in [-0.2, 0) is 11.2 Å². The fourth-order valence-electron chi connectivity index (χ4n) is 4.79. The summed E-state index contributed by atoms with van der Waals surface area (Å²) in [5.41, 5.74) is 2.42. The first-order valence-corrected chi connectivity index (χ1v) is 12.3. The number of fused-ring (bicyclic) bond motifs is 1. The van der Waals surface area contributed by atoms with Crippen molar-refractivity contribution in [2.45, 2.75) is 51.1 Å². The van der Waals surface area contributed by atoms with Crippen molar-refractivity contribution >= 4 is 17.5 Å². The number of carbonyl (C=O) groups excluding carboxylic acids is 2. The van der Waals surface area contributed by atoms with Crippen LogP contribution < -0.4 is 19.7 Å². The van der Waals surface area contributed by atoms with Crippen LogP contribution in [0.5, 0.6) is 11.5 Å². The minimum absolute atomic E-state index is 0.112. The van der Waals surface area contributed by atoms with E-state index in [2.05, 4.69) is 12.2 Å². The molecule has 5 rings (SSSR count). The number of ether oxygens (including phenoxy) is 2. The summed E-state index contributed by atoms with van der Waals surface area (Å²) in [7, 11) is 0. The van der Waals surface area contributed by atoms with Gasteiger partial charge < -0.3 is 19.2 Å². The number of hydrogen-bond donors (Lipinski definition) is 1. The second-order valence-electron chi connectivity index (χ2n) is 8.97. The molecule has 1 fully saturated rings. The van der Waals surface area contributed by atoms with Gasteiger partial charge in [0, 0.05) is 17.8 Å². The van der Waals surface area contributed by atoms with Gasteiger partial charge in [-0.1, -0.05) is 44.0 Å². The Hall–Kier alpha value is -3.74. The van der Waals surface area contributed by atoms with Crippen LogP contribution in [0.25, 0.3) is 0 Å². The van der Waals surface area contributed by atoms with Crippen molar-refractivity contribution in [1.29, 1.82) is 0 Å². The van der Waals surface area contributed by atoms with E-state index in [-0.39, 0.29) is 17.7 Å². The van der Waals surface area contributed by atoms with Crippen molar-refractivity contribution in [2.75, 3.05) is 18.1 Å². The fourth-order valence-corrected chi connectivity index (χ4v) is 4.79. The van der Waals surface area contributed by atoms with E-state index in [1.54, 1.807) is 30.3 Å². The number of hydrogen-bond acceptors (Lipinski definition) is 5. The van der Waals surface area contributed by atoms with Crippen molar-refractivity contribution < 1.29 is 23.5 Å². The number of rotatable bonds is 7. The molecule has 7 heteroatoms. The summed E-state index contributed by atoms with van der Waals surface area (Å²) in [4.78, 5) is 29.2. The van der Waals surface area contributed by atoms with Crippen molar-refractivity contribution in [3.63, 3.8) is 0 Å². The Morgan fingerprint density at radius 2 is 1.74 bits per heavy atom. The van der Waals surface area contributed by atoms with Crippen LogP contribution in [0.1, 0.15) is 60.3 Å². The highest BCUT2D eigenvalue weighted by Gasteiger charge is 2.36. The number of aryl methyl sites for hydroxylation is 1. The molecule has 7 nitrogen and oxygen atoms in total. The van der Waals surface area contributed by atoms with Gasteiger partial charge in [-0.2, -0.15) is 0 Å². The normalized spacial score (nSPS) is 16.0. The number of anilines is 1. The number of nitrogens with zero attached hydrogens (tertiary/aromatic N) is 1. The van der Waals surface area contributed by atoms with Gasteiger partial charge in [0.25, 0.3) is 5.91 Å². The molecule has 1 unspecified atom stereocenters. The second-order valence-corrected chi connectivity index (χ2v) is 8.97. The Kier molecular flexibility index (Phi) is 6.75. The maximum absolute atomic E-state index is 13.8. The molecular formula is C28H30N2O5. The zero-order valence-electron chi connectivity index (χ0n) is 19.9. The molecule has 1 aromatic heterocycles. The summed E-state index contributed by atoms with van der Waals surface area (Å²) in [6, 6.07) is 15.7. The van der Waals surface area contributed by atoms with E-state index in [0.29, 0.717) is 30.4 Å². The minimum atomic E-state index is -0.887. The number of furan rings is 1. The van der Waals surface area contributed by atoms with Crippen molar-refractivity contribution in [1.82, 2.24) is 5.32 Å². The van der Waals surface area contributed by atoms with E-state index < -0.39 is 11.9 Å². The lowest BCUT2D eigenvalue weighted by Gasteiger charge is -2.32. The molecule has 1 aliphatic carbocycles. The molecule has 1 atom stereocenters. The van der Waals surface area contributed by atoms with Crippen LogP contribution in [0.15, 0.2) is 65.3 Å². The van der Waals surface area contributed by atoms with E-state index in [1.165, 1.54) is 11.2 Å². The zero-order valence-corrected chi connectivity index (χ0v) is 19.9. The maximum atomic E-state index is 13.8. The highest BCUT2D eigenvalue weighted by Crippen LogP contribution is 2.38. The number of carbonyl (C=O) groups is 2. The molecular weight excluding hydrogens is 444 g/mol. The van der Waals surface area contributed by atoms with Gasteiger partial charge in [0.2, 0.25) is 5.91 Å². The van der Waals surface area contributed by atoms with Crippen LogP contribution in [0, 0.1) is 0 Å². The van der Waals surface area contributed by atoms with Gasteiger partial charge in [0.05, 0.1) is 6.26 Å². The summed E-state index contributed by atoms with van der Waals surface area (Å²) in [5.74, 6) is 0.699. The Morgan fingerprint density at radius 3 is 2.43 bits per heavy atom. The summed E-state index contributed by atoms with van der Waals surface area (Å²) in [5, 5.41) is 3.20. The Bertz CT molecular complexity index is 1170. The molecule has 2 aromatic carbocycles. The Labute approximate surface area is 205 Å². The van der Waals surface area contributed by atoms with Gasteiger partial charge in [0.15, 0.2) is 17.3 Å². The summed E-state index contributed by atoms with van der Waals surface area (Å²) in [6.45, 7) is 2.98. The Morgan fingerprint density at radius 1 is 1.00 bits per heavy atom. The van der Waals surface area contributed by atoms with E-state index in [0.717, 1.165) is 43.2 Å². The van der Waals surface area contributed by atoms with Gasteiger partial charge in [-0.25, -0.2) is 0 Å². The monoisotopic (exact) mass is 474 g/mol. The molecule has 1 N–H and O–H groups in total. The largest absolute Gasteiger partial charge is 0.486 e. The molecule has 1 saturated carbocycles. The average molecular weight is 475 g/mol. The molecule has 2 amide bonds. The van der Waals surface area contributed by atoms with Crippen molar-refractivity contribution in [2.24, 2.45) is 0 Å². The summed E-state index contributed by atoms with van der Waals surface area (Å²) in [6.07, 6.45) is 6.43.